The molecule has 2 aliphatic carbocycles. The molecule has 2 saturated carbocycles. The summed E-state index contributed by atoms with van der Waals surface area (Å²) >= 11 is 0. The summed E-state index contributed by atoms with van der Waals surface area (Å²) in [5, 5.41) is 3.18. The first-order valence-corrected chi connectivity index (χ1v) is 7.53. The molecule has 3 N–H and O–H groups in total. The number of rotatable bonds is 3. The van der Waals surface area contributed by atoms with E-state index in [0.29, 0.717) is 11.3 Å². The first kappa shape index (κ1) is 13.9. The monoisotopic (exact) mass is 252 g/mol. The fourth-order valence-corrected chi connectivity index (χ4v) is 3.45. The normalized spacial score (nSPS) is 35.4. The molecule has 0 aromatic heterocycles. The van der Waals surface area contributed by atoms with E-state index in [2.05, 4.69) is 19.2 Å². The number of carbonyl (C=O) groups excluding carboxylic acids is 1. The van der Waals surface area contributed by atoms with Crippen molar-refractivity contribution in [3.63, 3.8) is 0 Å². The van der Waals surface area contributed by atoms with Gasteiger partial charge in [-0.05, 0) is 43.4 Å². The Morgan fingerprint density at radius 2 is 2.00 bits per heavy atom. The van der Waals surface area contributed by atoms with Crippen LogP contribution in [0.4, 0.5) is 0 Å². The van der Waals surface area contributed by atoms with E-state index in [1.165, 1.54) is 25.7 Å². The minimum Gasteiger partial charge on any atom is -0.355 e. The minimum absolute atomic E-state index is 0.154. The second kappa shape index (κ2) is 5.60. The number of nitrogens with one attached hydrogen (secondary N) is 1. The van der Waals surface area contributed by atoms with Crippen LogP contribution in [0.2, 0.25) is 0 Å². The molecule has 18 heavy (non-hydrogen) atoms. The molecule has 0 radical (unpaired) electrons. The molecule has 0 aromatic carbocycles. The summed E-state index contributed by atoms with van der Waals surface area (Å²) in [6.45, 7) is 5.35. The van der Waals surface area contributed by atoms with E-state index in [-0.39, 0.29) is 17.9 Å². The van der Waals surface area contributed by atoms with Gasteiger partial charge < -0.3 is 11.1 Å². The molecule has 1 amide bonds. The Hall–Kier alpha value is -0.570. The van der Waals surface area contributed by atoms with Crippen molar-refractivity contribution in [3.8, 4) is 0 Å². The van der Waals surface area contributed by atoms with Gasteiger partial charge in [-0.3, -0.25) is 4.79 Å². The number of hydrogen-bond acceptors (Lipinski definition) is 2. The molecule has 0 bridgehead atoms. The zero-order valence-corrected chi connectivity index (χ0v) is 11.9. The highest BCUT2D eigenvalue weighted by Crippen LogP contribution is 2.37. The lowest BCUT2D eigenvalue weighted by molar-refractivity contribution is -0.126. The zero-order chi connectivity index (χ0) is 13.2. The van der Waals surface area contributed by atoms with Crippen molar-refractivity contribution in [2.24, 2.45) is 23.0 Å². The van der Waals surface area contributed by atoms with Gasteiger partial charge in [0.25, 0.3) is 0 Å². The lowest BCUT2D eigenvalue weighted by Gasteiger charge is -2.32. The summed E-state index contributed by atoms with van der Waals surface area (Å²) in [5.41, 5.74) is 6.42. The fraction of sp³-hybridized carbons (Fsp3) is 0.933. The van der Waals surface area contributed by atoms with Crippen LogP contribution in [0.25, 0.3) is 0 Å². The van der Waals surface area contributed by atoms with Crippen LogP contribution >= 0.6 is 0 Å². The number of amides is 1. The Labute approximate surface area is 111 Å². The van der Waals surface area contributed by atoms with Gasteiger partial charge in [0.15, 0.2) is 0 Å². The standard InChI is InChI=1S/C15H28N2O/c1-11-5-6-12(9-13(11)16)14(18)17-10-15(2)7-3-4-8-15/h11-13H,3-10,16H2,1-2H3,(H,17,18). The van der Waals surface area contributed by atoms with Crippen molar-refractivity contribution in [1.29, 1.82) is 0 Å². The van der Waals surface area contributed by atoms with Gasteiger partial charge in [-0.2, -0.15) is 0 Å². The minimum atomic E-state index is 0.154. The SMILES string of the molecule is CC1CCC(C(=O)NCC2(C)CCCC2)CC1N. The van der Waals surface area contributed by atoms with Crippen LogP contribution in [-0.4, -0.2) is 18.5 Å². The maximum Gasteiger partial charge on any atom is 0.223 e. The molecule has 0 spiro atoms. The number of carbonyl (C=O) groups is 1. The third kappa shape index (κ3) is 3.25. The van der Waals surface area contributed by atoms with E-state index in [1.807, 2.05) is 0 Å². The van der Waals surface area contributed by atoms with Gasteiger partial charge in [0.05, 0.1) is 0 Å². The molecule has 0 heterocycles. The van der Waals surface area contributed by atoms with Crippen LogP contribution < -0.4 is 11.1 Å². The first-order chi connectivity index (χ1) is 8.50. The van der Waals surface area contributed by atoms with Crippen LogP contribution in [0.5, 0.6) is 0 Å². The van der Waals surface area contributed by atoms with Crippen molar-refractivity contribution < 1.29 is 4.79 Å². The summed E-state index contributed by atoms with van der Waals surface area (Å²) in [6.07, 6.45) is 8.12. The maximum atomic E-state index is 12.2. The molecule has 0 aliphatic heterocycles. The number of nitrogens with two attached hydrogens (primary N) is 1. The summed E-state index contributed by atoms with van der Waals surface area (Å²) in [4.78, 5) is 12.2. The van der Waals surface area contributed by atoms with Crippen molar-refractivity contribution in [2.45, 2.75) is 64.8 Å². The average Bonchev–Trinajstić information content (AvgIpc) is 2.77. The smallest absolute Gasteiger partial charge is 0.223 e. The van der Waals surface area contributed by atoms with E-state index in [4.69, 9.17) is 5.73 Å². The fourth-order valence-electron chi connectivity index (χ4n) is 3.45. The predicted octanol–water partition coefficient (Wildman–Crippen LogP) is 2.45. The molecule has 2 aliphatic rings. The quantitative estimate of drug-likeness (QED) is 0.810. The van der Waals surface area contributed by atoms with Gasteiger partial charge in [-0.1, -0.05) is 26.7 Å². The highest BCUT2D eigenvalue weighted by atomic mass is 16.1. The Balaban J connectivity index is 1.78. The van der Waals surface area contributed by atoms with Crippen molar-refractivity contribution in [1.82, 2.24) is 5.32 Å². The van der Waals surface area contributed by atoms with E-state index >= 15 is 0 Å². The Bertz CT molecular complexity index is 297. The van der Waals surface area contributed by atoms with Gasteiger partial charge in [0.1, 0.15) is 0 Å². The molecular formula is C15H28N2O. The van der Waals surface area contributed by atoms with Gasteiger partial charge in [-0.15, -0.1) is 0 Å². The summed E-state index contributed by atoms with van der Waals surface area (Å²) in [5.74, 6) is 0.966. The summed E-state index contributed by atoms with van der Waals surface area (Å²) in [6, 6.07) is 0.205. The van der Waals surface area contributed by atoms with Crippen LogP contribution in [0.1, 0.15) is 58.8 Å². The maximum absolute atomic E-state index is 12.2. The van der Waals surface area contributed by atoms with Crippen LogP contribution in [-0.2, 0) is 4.79 Å². The molecule has 0 saturated heterocycles. The lowest BCUT2D eigenvalue weighted by Crippen LogP contribution is -2.43. The Kier molecular flexibility index (Phi) is 4.31. The Morgan fingerprint density at radius 3 is 2.61 bits per heavy atom. The second-order valence-electron chi connectivity index (χ2n) is 6.89. The summed E-state index contributed by atoms with van der Waals surface area (Å²) < 4.78 is 0. The lowest BCUT2D eigenvalue weighted by atomic mass is 9.79. The van der Waals surface area contributed by atoms with E-state index in [1.54, 1.807) is 0 Å². The molecule has 2 fully saturated rings. The molecule has 3 heteroatoms. The molecule has 2 rings (SSSR count). The Morgan fingerprint density at radius 1 is 1.33 bits per heavy atom. The van der Waals surface area contributed by atoms with E-state index in [9.17, 15) is 4.79 Å². The van der Waals surface area contributed by atoms with Gasteiger partial charge >= 0.3 is 0 Å². The van der Waals surface area contributed by atoms with E-state index < -0.39 is 0 Å². The van der Waals surface area contributed by atoms with Crippen molar-refractivity contribution in [2.75, 3.05) is 6.54 Å². The van der Waals surface area contributed by atoms with Gasteiger partial charge in [0.2, 0.25) is 5.91 Å². The zero-order valence-electron chi connectivity index (χ0n) is 11.9. The highest BCUT2D eigenvalue weighted by molar-refractivity contribution is 5.78. The molecule has 3 nitrogen and oxygen atoms in total. The predicted molar refractivity (Wildman–Crippen MR) is 74.1 cm³/mol. The largest absolute Gasteiger partial charge is 0.355 e. The van der Waals surface area contributed by atoms with Crippen molar-refractivity contribution >= 4 is 5.91 Å². The molecule has 3 atom stereocenters. The molecule has 104 valence electrons. The van der Waals surface area contributed by atoms with Gasteiger partial charge in [-0.25, -0.2) is 0 Å². The molecular weight excluding hydrogens is 224 g/mol. The molecule has 3 unspecified atom stereocenters. The first-order valence-electron chi connectivity index (χ1n) is 7.53. The van der Waals surface area contributed by atoms with E-state index in [0.717, 1.165) is 25.8 Å². The van der Waals surface area contributed by atoms with Gasteiger partial charge in [0, 0.05) is 18.5 Å². The molecule has 0 aromatic rings. The average molecular weight is 252 g/mol. The van der Waals surface area contributed by atoms with Crippen LogP contribution in [0, 0.1) is 17.3 Å². The topological polar surface area (TPSA) is 55.1 Å². The van der Waals surface area contributed by atoms with Crippen molar-refractivity contribution in [3.05, 3.63) is 0 Å². The third-order valence-electron chi connectivity index (χ3n) is 5.13. The summed E-state index contributed by atoms with van der Waals surface area (Å²) in [7, 11) is 0. The highest BCUT2D eigenvalue weighted by Gasteiger charge is 2.32. The third-order valence-corrected chi connectivity index (χ3v) is 5.13. The second-order valence-corrected chi connectivity index (χ2v) is 6.89. The van der Waals surface area contributed by atoms with Crippen LogP contribution in [0.3, 0.4) is 0 Å². The number of hydrogen-bond donors (Lipinski definition) is 2. The van der Waals surface area contributed by atoms with Crippen LogP contribution in [0.15, 0.2) is 0 Å².